The van der Waals surface area contributed by atoms with Crippen LogP contribution in [0.15, 0.2) is 170 Å². The van der Waals surface area contributed by atoms with Gasteiger partial charge in [-0.05, 0) is 46.8 Å². The average Bonchev–Trinajstić information content (AvgIpc) is 3.20. The zero-order valence-corrected chi connectivity index (χ0v) is 27.0. The smallest absolute Gasteiger partial charge is 0.0972 e. The van der Waals surface area contributed by atoms with Crippen LogP contribution in [0.3, 0.4) is 0 Å². The van der Waals surface area contributed by atoms with Crippen molar-refractivity contribution in [2.75, 3.05) is 0 Å². The molecule has 0 atom stereocenters. The molecule has 0 fully saturated rings. The monoisotopic (exact) mass is 636 g/mol. The number of rotatable bonds is 4. The van der Waals surface area contributed by atoms with Crippen LogP contribution in [0.5, 0.6) is 0 Å². The van der Waals surface area contributed by atoms with Gasteiger partial charge in [-0.25, -0.2) is 15.0 Å². The van der Waals surface area contributed by atoms with Crippen molar-refractivity contribution in [3.8, 4) is 44.9 Å². The van der Waals surface area contributed by atoms with Gasteiger partial charge in [0.15, 0.2) is 0 Å². The predicted octanol–water partition coefficient (Wildman–Crippen LogP) is 11.7. The lowest BCUT2D eigenvalue weighted by Gasteiger charge is -2.14. The molecule has 0 aliphatic rings. The highest BCUT2D eigenvalue weighted by Crippen LogP contribution is 2.39. The van der Waals surface area contributed by atoms with Crippen LogP contribution in [0.2, 0.25) is 0 Å². The summed E-state index contributed by atoms with van der Waals surface area (Å²) in [6, 6.07) is 57.2. The van der Waals surface area contributed by atoms with Gasteiger partial charge in [-0.1, -0.05) is 133 Å². The molecular formula is C46H28N4. The summed E-state index contributed by atoms with van der Waals surface area (Å²) in [7, 11) is 0. The Morgan fingerprint density at radius 1 is 0.340 bits per heavy atom. The minimum absolute atomic E-state index is 0.916. The van der Waals surface area contributed by atoms with Crippen molar-refractivity contribution in [1.29, 1.82) is 0 Å². The van der Waals surface area contributed by atoms with Gasteiger partial charge in [0, 0.05) is 49.8 Å². The molecule has 0 N–H and O–H groups in total. The topological polar surface area (TPSA) is 51.6 Å². The first-order valence-electron chi connectivity index (χ1n) is 16.8. The number of pyridine rings is 4. The number of fused-ring (bicyclic) bond motifs is 8. The lowest BCUT2D eigenvalue weighted by atomic mass is 9.95. The van der Waals surface area contributed by atoms with E-state index >= 15 is 0 Å². The maximum atomic E-state index is 5.40. The van der Waals surface area contributed by atoms with Gasteiger partial charge in [0.2, 0.25) is 0 Å². The van der Waals surface area contributed by atoms with Crippen LogP contribution in [-0.2, 0) is 0 Å². The van der Waals surface area contributed by atoms with Crippen molar-refractivity contribution in [2.24, 2.45) is 0 Å². The molecular weight excluding hydrogens is 609 g/mol. The third kappa shape index (κ3) is 4.69. The second-order valence-electron chi connectivity index (χ2n) is 12.7. The quantitative estimate of drug-likeness (QED) is 0.180. The van der Waals surface area contributed by atoms with Crippen molar-refractivity contribution < 1.29 is 0 Å². The first kappa shape index (κ1) is 28.3. The Morgan fingerprint density at radius 2 is 0.940 bits per heavy atom. The standard InChI is InChI=1S/C46H28N4/c1-3-9-29(10-4-1)39-24-20-32-18-23-38-37-22-19-35(28-41(37)50-43(42(38)44(32)48-39)30-11-5-2-6-12-30)34-13-7-14-36(27-34)40-25-21-33-17-16-31-15-8-26-47-45(31)46(33)49-40/h1-28H. The summed E-state index contributed by atoms with van der Waals surface area (Å²) in [4.78, 5) is 20.4. The minimum atomic E-state index is 0.916. The van der Waals surface area contributed by atoms with Gasteiger partial charge < -0.3 is 0 Å². The maximum absolute atomic E-state index is 5.40. The number of aromatic nitrogens is 4. The highest BCUT2D eigenvalue weighted by Gasteiger charge is 2.16. The summed E-state index contributed by atoms with van der Waals surface area (Å²) >= 11 is 0. The molecule has 0 saturated carbocycles. The van der Waals surface area contributed by atoms with E-state index in [1.54, 1.807) is 0 Å². The van der Waals surface area contributed by atoms with Gasteiger partial charge in [-0.2, -0.15) is 0 Å². The molecule has 4 nitrogen and oxygen atoms in total. The number of nitrogens with zero attached hydrogens (tertiary/aromatic N) is 4. The van der Waals surface area contributed by atoms with Crippen LogP contribution in [0.4, 0.5) is 0 Å². The fourth-order valence-corrected chi connectivity index (χ4v) is 7.18. The molecule has 0 spiro atoms. The van der Waals surface area contributed by atoms with Gasteiger partial charge >= 0.3 is 0 Å². The SMILES string of the molecule is c1ccc(-c2ccc3ccc4c5ccc(-c6cccc(-c7ccc8ccc9cccnc9c8n7)c6)cc5nc(-c5ccccc5)c4c3n2)cc1. The number of benzene rings is 6. The zero-order valence-electron chi connectivity index (χ0n) is 27.0. The molecule has 0 saturated heterocycles. The molecule has 0 aliphatic carbocycles. The van der Waals surface area contributed by atoms with Crippen LogP contribution in [0.25, 0.3) is 99.3 Å². The third-order valence-corrected chi connectivity index (χ3v) is 9.66. The van der Waals surface area contributed by atoms with E-state index in [1.165, 1.54) is 0 Å². The van der Waals surface area contributed by atoms with Gasteiger partial charge in [0.25, 0.3) is 0 Å². The summed E-state index contributed by atoms with van der Waals surface area (Å²) in [5.74, 6) is 0. The van der Waals surface area contributed by atoms with E-state index in [0.717, 1.165) is 99.3 Å². The van der Waals surface area contributed by atoms with E-state index in [1.807, 2.05) is 24.4 Å². The maximum Gasteiger partial charge on any atom is 0.0972 e. The molecule has 0 amide bonds. The zero-order chi connectivity index (χ0) is 33.0. The van der Waals surface area contributed by atoms with E-state index in [0.29, 0.717) is 0 Å². The molecule has 0 bridgehead atoms. The molecule has 4 heterocycles. The Balaban J connectivity index is 1.14. The van der Waals surface area contributed by atoms with E-state index in [9.17, 15) is 0 Å². The van der Waals surface area contributed by atoms with Gasteiger partial charge in [0.05, 0.1) is 39.1 Å². The molecule has 6 aromatic carbocycles. The molecule has 0 unspecified atom stereocenters. The molecule has 0 aliphatic heterocycles. The van der Waals surface area contributed by atoms with Crippen molar-refractivity contribution in [3.63, 3.8) is 0 Å². The Hall–Kier alpha value is -6.78. The second-order valence-corrected chi connectivity index (χ2v) is 12.7. The van der Waals surface area contributed by atoms with Crippen LogP contribution >= 0.6 is 0 Å². The summed E-state index contributed by atoms with van der Waals surface area (Å²) < 4.78 is 0. The highest BCUT2D eigenvalue weighted by atomic mass is 14.8. The average molecular weight is 637 g/mol. The fraction of sp³-hybridized carbons (Fsp3) is 0. The molecule has 0 radical (unpaired) electrons. The molecule has 4 heteroatoms. The predicted molar refractivity (Wildman–Crippen MR) is 207 cm³/mol. The first-order valence-corrected chi connectivity index (χ1v) is 16.8. The first-order chi connectivity index (χ1) is 24.8. The molecule has 232 valence electrons. The van der Waals surface area contributed by atoms with Crippen molar-refractivity contribution in [3.05, 3.63) is 170 Å². The van der Waals surface area contributed by atoms with Crippen LogP contribution in [-0.4, -0.2) is 19.9 Å². The Morgan fingerprint density at radius 3 is 1.76 bits per heavy atom. The Bertz CT molecular complexity index is 2920. The number of hydrogen-bond acceptors (Lipinski definition) is 4. The van der Waals surface area contributed by atoms with Gasteiger partial charge in [-0.15, -0.1) is 0 Å². The third-order valence-electron chi connectivity index (χ3n) is 9.66. The highest BCUT2D eigenvalue weighted by molar-refractivity contribution is 6.20. The summed E-state index contributed by atoms with van der Waals surface area (Å²) in [5.41, 5.74) is 12.0. The number of hydrogen-bond donors (Lipinski definition) is 0. The van der Waals surface area contributed by atoms with Crippen LogP contribution in [0, 0.1) is 0 Å². The minimum Gasteiger partial charge on any atom is -0.254 e. The second kappa shape index (κ2) is 11.4. The van der Waals surface area contributed by atoms with E-state index in [4.69, 9.17) is 15.0 Å². The van der Waals surface area contributed by atoms with Gasteiger partial charge in [-0.3, -0.25) is 4.98 Å². The molecule has 50 heavy (non-hydrogen) atoms. The van der Waals surface area contributed by atoms with Crippen LogP contribution < -0.4 is 0 Å². The van der Waals surface area contributed by atoms with Gasteiger partial charge in [0.1, 0.15) is 0 Å². The van der Waals surface area contributed by atoms with Crippen LogP contribution in [0.1, 0.15) is 0 Å². The van der Waals surface area contributed by atoms with Crippen molar-refractivity contribution >= 4 is 54.4 Å². The van der Waals surface area contributed by atoms with E-state index in [-0.39, 0.29) is 0 Å². The summed E-state index contributed by atoms with van der Waals surface area (Å²) in [5, 5.41) is 6.57. The fourth-order valence-electron chi connectivity index (χ4n) is 7.18. The van der Waals surface area contributed by atoms with E-state index in [2.05, 4.69) is 151 Å². The molecule has 10 rings (SSSR count). The van der Waals surface area contributed by atoms with Crippen molar-refractivity contribution in [1.82, 2.24) is 19.9 Å². The summed E-state index contributed by atoms with van der Waals surface area (Å²) in [6.45, 7) is 0. The van der Waals surface area contributed by atoms with Crippen molar-refractivity contribution in [2.45, 2.75) is 0 Å². The Labute approximate surface area is 288 Å². The van der Waals surface area contributed by atoms with E-state index < -0.39 is 0 Å². The lowest BCUT2D eigenvalue weighted by molar-refractivity contribution is 1.37. The molecule has 4 aromatic heterocycles. The molecule has 10 aromatic rings. The lowest BCUT2D eigenvalue weighted by Crippen LogP contribution is -1.94. The Kier molecular flexibility index (Phi) is 6.46. The summed E-state index contributed by atoms with van der Waals surface area (Å²) in [6.07, 6.45) is 1.83. The largest absolute Gasteiger partial charge is 0.254 e. The normalized spacial score (nSPS) is 11.6.